The topological polar surface area (TPSA) is 73.3 Å². The highest BCUT2D eigenvalue weighted by Crippen LogP contribution is 2.51. The normalized spacial score (nSPS) is 23.1. The molecule has 1 fully saturated rings. The maximum atomic E-state index is 5.72. The second kappa shape index (κ2) is 9.87. The number of nitrogens with one attached hydrogen (secondary N) is 2. The number of hydrogen-bond acceptors (Lipinski definition) is 5. The van der Waals surface area contributed by atoms with Crippen LogP contribution in [0.15, 0.2) is 17.1 Å². The fraction of sp³-hybridized carbons (Fsp3) is 0.650. The van der Waals surface area contributed by atoms with Crippen LogP contribution in [0.1, 0.15) is 34.1 Å². The molecule has 1 aliphatic carbocycles. The maximum Gasteiger partial charge on any atom is 0.203 e. The molecule has 160 valence electrons. The van der Waals surface area contributed by atoms with Gasteiger partial charge in [-0.1, -0.05) is 13.8 Å². The third kappa shape index (κ3) is 4.59. The van der Waals surface area contributed by atoms with Crippen LogP contribution >= 0.6 is 24.0 Å². The van der Waals surface area contributed by atoms with E-state index >= 15 is 0 Å². The summed E-state index contributed by atoms with van der Waals surface area (Å²) in [5.41, 5.74) is 0.637. The van der Waals surface area contributed by atoms with Crippen molar-refractivity contribution >= 4 is 35.6 Å². The van der Waals surface area contributed by atoms with Crippen molar-refractivity contribution in [3.8, 4) is 17.2 Å². The molecule has 0 spiro atoms. The summed E-state index contributed by atoms with van der Waals surface area (Å²) in [5.74, 6) is 2.45. The van der Waals surface area contributed by atoms with E-state index in [0.29, 0.717) is 29.8 Å². The van der Waals surface area contributed by atoms with Crippen LogP contribution in [0.25, 0.3) is 0 Å². The minimum absolute atomic E-state index is 0. The van der Waals surface area contributed by atoms with Gasteiger partial charge in [0.05, 0.1) is 26.9 Å². The summed E-state index contributed by atoms with van der Waals surface area (Å²) >= 11 is 0. The molecule has 0 heterocycles. The zero-order chi connectivity index (χ0) is 20.2. The quantitative estimate of drug-likeness (QED) is 0.331. The Hall–Kier alpha value is -1.42. The van der Waals surface area contributed by atoms with Gasteiger partial charge in [-0.15, -0.1) is 24.0 Å². The summed E-state index contributed by atoms with van der Waals surface area (Å²) in [5, 5.41) is 6.88. The molecule has 2 atom stereocenters. The van der Waals surface area contributed by atoms with Crippen molar-refractivity contribution in [3.05, 3.63) is 12.1 Å². The summed E-state index contributed by atoms with van der Waals surface area (Å²) in [7, 11) is 6.56. The first-order valence-electron chi connectivity index (χ1n) is 9.19. The number of aliphatic imine (C=N–C) groups is 1. The average Bonchev–Trinajstić information content (AvgIpc) is 2.66. The Kier molecular flexibility index (Phi) is 8.67. The van der Waals surface area contributed by atoms with E-state index in [9.17, 15) is 0 Å². The summed E-state index contributed by atoms with van der Waals surface area (Å²) in [6.07, 6.45) is 0.913. The van der Waals surface area contributed by atoms with Gasteiger partial charge in [0.25, 0.3) is 0 Å². The zero-order valence-corrected chi connectivity index (χ0v) is 20.5. The first-order valence-corrected chi connectivity index (χ1v) is 9.19. The SMILES string of the molecule is CCN=C(Nc1cc(OC)c(OC)c(OC)c1)NC1CC(C)(OC)C1(C)C.I. The Morgan fingerprint density at radius 1 is 1.07 bits per heavy atom. The second-order valence-corrected chi connectivity index (χ2v) is 7.42. The van der Waals surface area contributed by atoms with E-state index in [2.05, 4.69) is 36.4 Å². The van der Waals surface area contributed by atoms with E-state index < -0.39 is 0 Å². The number of guanidine groups is 1. The van der Waals surface area contributed by atoms with Gasteiger partial charge in [-0.2, -0.15) is 0 Å². The number of rotatable bonds is 7. The Balaban J connectivity index is 0.00000392. The van der Waals surface area contributed by atoms with Gasteiger partial charge >= 0.3 is 0 Å². The molecule has 0 aromatic heterocycles. The van der Waals surface area contributed by atoms with Gasteiger partial charge in [-0.3, -0.25) is 4.99 Å². The van der Waals surface area contributed by atoms with Crippen LogP contribution in [0.5, 0.6) is 17.2 Å². The van der Waals surface area contributed by atoms with Crippen molar-refractivity contribution in [3.63, 3.8) is 0 Å². The third-order valence-electron chi connectivity index (χ3n) is 5.83. The van der Waals surface area contributed by atoms with Crippen molar-refractivity contribution in [1.82, 2.24) is 5.32 Å². The lowest BCUT2D eigenvalue weighted by Crippen LogP contribution is -2.69. The van der Waals surface area contributed by atoms with Crippen LogP contribution in [0.2, 0.25) is 0 Å². The Labute approximate surface area is 185 Å². The lowest BCUT2D eigenvalue weighted by molar-refractivity contribution is -0.176. The molecular weight excluding hydrogens is 473 g/mol. The number of nitrogens with zero attached hydrogens (tertiary/aromatic N) is 1. The molecular formula is C20H34IN3O4. The Morgan fingerprint density at radius 2 is 1.64 bits per heavy atom. The van der Waals surface area contributed by atoms with Crippen molar-refractivity contribution in [2.45, 2.75) is 45.8 Å². The summed E-state index contributed by atoms with van der Waals surface area (Å²) in [6, 6.07) is 3.97. The number of anilines is 1. The van der Waals surface area contributed by atoms with Crippen LogP contribution in [0, 0.1) is 5.41 Å². The molecule has 1 aliphatic rings. The van der Waals surface area contributed by atoms with Gasteiger partial charge in [0.2, 0.25) is 5.75 Å². The molecule has 2 unspecified atom stereocenters. The van der Waals surface area contributed by atoms with Gasteiger partial charge in [0.1, 0.15) is 0 Å². The molecule has 28 heavy (non-hydrogen) atoms. The zero-order valence-electron chi connectivity index (χ0n) is 18.1. The molecule has 1 saturated carbocycles. The van der Waals surface area contributed by atoms with Crippen LogP contribution < -0.4 is 24.8 Å². The van der Waals surface area contributed by atoms with Crippen molar-refractivity contribution < 1.29 is 18.9 Å². The fourth-order valence-electron chi connectivity index (χ4n) is 3.46. The molecule has 8 heteroatoms. The van der Waals surface area contributed by atoms with Crippen molar-refractivity contribution in [2.75, 3.05) is 40.3 Å². The average molecular weight is 507 g/mol. The maximum absolute atomic E-state index is 5.72. The lowest BCUT2D eigenvalue weighted by atomic mass is 9.56. The first kappa shape index (κ1) is 24.6. The van der Waals surface area contributed by atoms with E-state index in [1.54, 1.807) is 28.4 Å². The van der Waals surface area contributed by atoms with E-state index in [-0.39, 0.29) is 41.0 Å². The summed E-state index contributed by atoms with van der Waals surface area (Å²) in [6.45, 7) is 9.23. The predicted molar refractivity (Wildman–Crippen MR) is 124 cm³/mol. The number of methoxy groups -OCH3 is 4. The van der Waals surface area contributed by atoms with Crippen LogP contribution in [0.3, 0.4) is 0 Å². The highest BCUT2D eigenvalue weighted by molar-refractivity contribution is 14.0. The monoisotopic (exact) mass is 507 g/mol. The minimum Gasteiger partial charge on any atom is -0.493 e. The number of benzene rings is 1. The lowest BCUT2D eigenvalue weighted by Gasteiger charge is -2.59. The van der Waals surface area contributed by atoms with Gasteiger partial charge in [0, 0.05) is 42.9 Å². The molecule has 2 rings (SSSR count). The number of hydrogen-bond donors (Lipinski definition) is 2. The second-order valence-electron chi connectivity index (χ2n) is 7.42. The van der Waals surface area contributed by atoms with Gasteiger partial charge in [-0.05, 0) is 20.3 Å². The van der Waals surface area contributed by atoms with Crippen molar-refractivity contribution in [2.24, 2.45) is 10.4 Å². The number of ether oxygens (including phenoxy) is 4. The molecule has 1 aromatic carbocycles. The molecule has 0 saturated heterocycles. The Bertz CT molecular complexity index is 671. The summed E-state index contributed by atoms with van der Waals surface area (Å²) in [4.78, 5) is 4.57. The first-order chi connectivity index (χ1) is 12.8. The summed E-state index contributed by atoms with van der Waals surface area (Å²) < 4.78 is 22.0. The largest absolute Gasteiger partial charge is 0.493 e. The Morgan fingerprint density at radius 3 is 2.04 bits per heavy atom. The smallest absolute Gasteiger partial charge is 0.203 e. The fourth-order valence-corrected chi connectivity index (χ4v) is 3.46. The van der Waals surface area contributed by atoms with Crippen LogP contribution in [-0.4, -0.2) is 52.6 Å². The van der Waals surface area contributed by atoms with E-state index in [1.165, 1.54) is 0 Å². The molecule has 0 amide bonds. The molecule has 7 nitrogen and oxygen atoms in total. The number of halogens is 1. The molecule has 2 N–H and O–H groups in total. The van der Waals surface area contributed by atoms with E-state index in [0.717, 1.165) is 12.1 Å². The van der Waals surface area contributed by atoms with Crippen LogP contribution in [0.4, 0.5) is 5.69 Å². The van der Waals surface area contributed by atoms with E-state index in [4.69, 9.17) is 18.9 Å². The molecule has 0 bridgehead atoms. The molecule has 0 aliphatic heterocycles. The standard InChI is InChI=1S/C20H33N3O4.HI/c1-9-21-18(23-16-12-20(4,27-8)19(16,2)3)22-13-10-14(24-5)17(26-7)15(11-13)25-6;/h10-11,16H,9,12H2,1-8H3,(H2,21,22,23);1H. The predicted octanol–water partition coefficient (Wildman–Crippen LogP) is 3.91. The molecule has 0 radical (unpaired) electrons. The molecule has 1 aromatic rings. The van der Waals surface area contributed by atoms with Crippen LogP contribution in [-0.2, 0) is 4.74 Å². The van der Waals surface area contributed by atoms with Gasteiger partial charge < -0.3 is 29.6 Å². The van der Waals surface area contributed by atoms with E-state index in [1.807, 2.05) is 19.1 Å². The highest BCUT2D eigenvalue weighted by atomic mass is 127. The van der Waals surface area contributed by atoms with Gasteiger partial charge in [-0.25, -0.2) is 0 Å². The van der Waals surface area contributed by atoms with Gasteiger partial charge in [0.15, 0.2) is 17.5 Å². The highest BCUT2D eigenvalue weighted by Gasteiger charge is 2.58. The minimum atomic E-state index is -0.144. The third-order valence-corrected chi connectivity index (χ3v) is 5.83. The van der Waals surface area contributed by atoms with Crippen molar-refractivity contribution in [1.29, 1.82) is 0 Å².